The molecule has 0 aliphatic heterocycles. The Labute approximate surface area is 98.2 Å². The molecule has 2 aromatic heterocycles. The summed E-state index contributed by atoms with van der Waals surface area (Å²) in [5.41, 5.74) is 0. The van der Waals surface area contributed by atoms with Crippen LogP contribution in [0.3, 0.4) is 0 Å². The van der Waals surface area contributed by atoms with E-state index < -0.39 is 0 Å². The van der Waals surface area contributed by atoms with Crippen LogP contribution in [0.4, 0.5) is 0 Å². The lowest BCUT2D eigenvalue weighted by molar-refractivity contribution is -0.121. The van der Waals surface area contributed by atoms with Crippen molar-refractivity contribution in [2.75, 3.05) is 6.54 Å². The van der Waals surface area contributed by atoms with Crippen molar-refractivity contribution in [1.29, 1.82) is 0 Å². The van der Waals surface area contributed by atoms with Gasteiger partial charge in [-0.3, -0.25) is 14.6 Å². The maximum atomic E-state index is 11.5. The predicted molar refractivity (Wildman–Crippen MR) is 59.9 cm³/mol. The molecule has 7 nitrogen and oxygen atoms in total. The molecule has 0 saturated heterocycles. The normalized spacial score (nSPS) is 10.4. The highest BCUT2D eigenvalue weighted by molar-refractivity contribution is 5.75. The van der Waals surface area contributed by atoms with E-state index in [0.29, 0.717) is 6.54 Å². The lowest BCUT2D eigenvalue weighted by Gasteiger charge is -2.04. The summed E-state index contributed by atoms with van der Waals surface area (Å²) < 4.78 is 1.59. The quantitative estimate of drug-likeness (QED) is 0.674. The van der Waals surface area contributed by atoms with Gasteiger partial charge in [-0.2, -0.15) is 10.2 Å². The van der Waals surface area contributed by atoms with Gasteiger partial charge in [-0.15, -0.1) is 0 Å². The average Bonchev–Trinajstić information content (AvgIpc) is 2.96. The second-order valence-electron chi connectivity index (χ2n) is 3.59. The molecule has 7 heteroatoms. The van der Waals surface area contributed by atoms with E-state index in [-0.39, 0.29) is 12.5 Å². The second kappa shape index (κ2) is 5.78. The van der Waals surface area contributed by atoms with Gasteiger partial charge < -0.3 is 5.32 Å². The van der Waals surface area contributed by atoms with E-state index in [1.165, 1.54) is 6.33 Å². The molecule has 0 bridgehead atoms. The van der Waals surface area contributed by atoms with E-state index in [0.717, 1.165) is 18.7 Å². The van der Waals surface area contributed by atoms with Crippen LogP contribution < -0.4 is 5.32 Å². The monoisotopic (exact) mass is 234 g/mol. The molecule has 0 aliphatic rings. The first-order valence-corrected chi connectivity index (χ1v) is 5.43. The molecule has 0 radical (unpaired) electrons. The summed E-state index contributed by atoms with van der Waals surface area (Å²) in [4.78, 5) is 15.5. The highest BCUT2D eigenvalue weighted by Crippen LogP contribution is 1.91. The van der Waals surface area contributed by atoms with E-state index in [9.17, 15) is 4.79 Å². The van der Waals surface area contributed by atoms with Crippen molar-refractivity contribution in [3.63, 3.8) is 0 Å². The Kier molecular flexibility index (Phi) is 3.85. The van der Waals surface area contributed by atoms with Crippen LogP contribution in [0.15, 0.2) is 24.8 Å². The van der Waals surface area contributed by atoms with E-state index in [2.05, 4.69) is 25.6 Å². The number of aryl methyl sites for hydroxylation is 1. The number of nitrogens with zero attached hydrogens (tertiary/aromatic N) is 4. The van der Waals surface area contributed by atoms with Gasteiger partial charge in [-0.1, -0.05) is 0 Å². The van der Waals surface area contributed by atoms with Gasteiger partial charge in [-0.05, 0) is 12.5 Å². The Morgan fingerprint density at radius 3 is 3.18 bits per heavy atom. The summed E-state index contributed by atoms with van der Waals surface area (Å²) in [6, 6.07) is 1.79. The van der Waals surface area contributed by atoms with E-state index in [1.54, 1.807) is 23.1 Å². The number of nitrogens with one attached hydrogen (secondary N) is 2. The summed E-state index contributed by atoms with van der Waals surface area (Å²) >= 11 is 0. The molecule has 2 rings (SSSR count). The molecule has 2 heterocycles. The Morgan fingerprint density at radius 2 is 2.47 bits per heavy atom. The number of carbonyl (C=O) groups is 1. The fraction of sp³-hybridized carbons (Fsp3) is 0.400. The van der Waals surface area contributed by atoms with Crippen LogP contribution in [0.25, 0.3) is 0 Å². The summed E-state index contributed by atoms with van der Waals surface area (Å²) in [6.07, 6.45) is 6.50. The first kappa shape index (κ1) is 11.3. The number of hydrogen-bond donors (Lipinski definition) is 2. The summed E-state index contributed by atoms with van der Waals surface area (Å²) in [5.74, 6) is 0.803. The van der Waals surface area contributed by atoms with Crippen LogP contribution >= 0.6 is 0 Å². The third-order valence-electron chi connectivity index (χ3n) is 2.24. The second-order valence-corrected chi connectivity index (χ2v) is 3.59. The van der Waals surface area contributed by atoms with Crippen LogP contribution in [-0.4, -0.2) is 37.4 Å². The zero-order chi connectivity index (χ0) is 11.9. The molecule has 2 aromatic rings. The van der Waals surface area contributed by atoms with Crippen molar-refractivity contribution >= 4 is 5.91 Å². The minimum absolute atomic E-state index is 0.0359. The van der Waals surface area contributed by atoms with Crippen LogP contribution in [0, 0.1) is 0 Å². The third-order valence-corrected chi connectivity index (χ3v) is 2.24. The van der Waals surface area contributed by atoms with Gasteiger partial charge in [0.15, 0.2) is 0 Å². The third kappa shape index (κ3) is 3.71. The van der Waals surface area contributed by atoms with Crippen LogP contribution in [0.1, 0.15) is 12.2 Å². The smallest absolute Gasteiger partial charge is 0.241 e. The van der Waals surface area contributed by atoms with E-state index in [1.807, 2.05) is 0 Å². The van der Waals surface area contributed by atoms with Gasteiger partial charge in [0.25, 0.3) is 0 Å². The molecular weight excluding hydrogens is 220 g/mol. The number of hydrogen-bond acceptors (Lipinski definition) is 4. The molecule has 0 unspecified atom stereocenters. The number of rotatable bonds is 6. The van der Waals surface area contributed by atoms with Gasteiger partial charge in [-0.25, -0.2) is 4.98 Å². The van der Waals surface area contributed by atoms with Crippen LogP contribution in [0.5, 0.6) is 0 Å². The van der Waals surface area contributed by atoms with Gasteiger partial charge in [0.05, 0.1) is 0 Å². The highest BCUT2D eigenvalue weighted by Gasteiger charge is 2.02. The van der Waals surface area contributed by atoms with Crippen LogP contribution in [-0.2, 0) is 17.8 Å². The van der Waals surface area contributed by atoms with Crippen molar-refractivity contribution in [1.82, 2.24) is 30.3 Å². The number of aromatic nitrogens is 5. The van der Waals surface area contributed by atoms with Crippen molar-refractivity contribution in [2.24, 2.45) is 0 Å². The molecule has 17 heavy (non-hydrogen) atoms. The molecule has 90 valence electrons. The first-order chi connectivity index (χ1) is 8.34. The molecule has 0 aliphatic carbocycles. The van der Waals surface area contributed by atoms with Crippen molar-refractivity contribution in [3.8, 4) is 0 Å². The Morgan fingerprint density at radius 1 is 1.53 bits per heavy atom. The zero-order valence-corrected chi connectivity index (χ0v) is 9.33. The summed E-state index contributed by atoms with van der Waals surface area (Å²) in [7, 11) is 0. The van der Waals surface area contributed by atoms with Crippen molar-refractivity contribution in [2.45, 2.75) is 19.4 Å². The van der Waals surface area contributed by atoms with Crippen LogP contribution in [0.2, 0.25) is 0 Å². The van der Waals surface area contributed by atoms with Crippen molar-refractivity contribution in [3.05, 3.63) is 30.6 Å². The molecule has 0 spiro atoms. The summed E-state index contributed by atoms with van der Waals surface area (Å²) in [5, 5.41) is 13.3. The molecular formula is C10H14N6O. The Balaban J connectivity index is 1.60. The predicted octanol–water partition coefficient (Wildman–Crippen LogP) is -0.250. The maximum Gasteiger partial charge on any atom is 0.241 e. The van der Waals surface area contributed by atoms with Gasteiger partial charge in [0, 0.05) is 25.4 Å². The molecule has 0 fully saturated rings. The Hall–Kier alpha value is -2.18. The van der Waals surface area contributed by atoms with Gasteiger partial charge in [0.1, 0.15) is 18.7 Å². The van der Waals surface area contributed by atoms with E-state index in [4.69, 9.17) is 0 Å². The highest BCUT2D eigenvalue weighted by atomic mass is 16.2. The number of carbonyl (C=O) groups excluding carboxylic acids is 1. The number of aromatic amines is 1. The largest absolute Gasteiger partial charge is 0.354 e. The standard InChI is InChI=1S/C10H14N6O/c17-10(7-16-6-2-5-14-16)11-4-1-3-9-12-8-13-15-9/h2,5-6,8H,1,3-4,7H2,(H,11,17)(H,12,13,15). The number of H-pyrrole nitrogens is 1. The Bertz CT molecular complexity index is 435. The average molecular weight is 234 g/mol. The van der Waals surface area contributed by atoms with Crippen molar-refractivity contribution < 1.29 is 4.79 Å². The first-order valence-electron chi connectivity index (χ1n) is 5.43. The zero-order valence-electron chi connectivity index (χ0n) is 9.33. The molecule has 0 aromatic carbocycles. The lowest BCUT2D eigenvalue weighted by atomic mass is 10.3. The summed E-state index contributed by atoms with van der Waals surface area (Å²) in [6.45, 7) is 0.885. The minimum atomic E-state index is -0.0359. The molecule has 1 amide bonds. The SMILES string of the molecule is O=C(Cn1cccn1)NCCCc1ncn[nH]1. The lowest BCUT2D eigenvalue weighted by Crippen LogP contribution is -2.28. The molecule has 0 saturated carbocycles. The maximum absolute atomic E-state index is 11.5. The minimum Gasteiger partial charge on any atom is -0.354 e. The molecule has 0 atom stereocenters. The van der Waals surface area contributed by atoms with E-state index >= 15 is 0 Å². The number of amides is 1. The fourth-order valence-corrected chi connectivity index (χ4v) is 1.43. The van der Waals surface area contributed by atoms with Gasteiger partial charge >= 0.3 is 0 Å². The fourth-order valence-electron chi connectivity index (χ4n) is 1.43. The molecule has 2 N–H and O–H groups in total. The van der Waals surface area contributed by atoms with Gasteiger partial charge in [0.2, 0.25) is 5.91 Å². The topological polar surface area (TPSA) is 88.5 Å².